The molecular weight excluding hydrogens is 478 g/mol. The zero-order valence-electron chi connectivity index (χ0n) is 16.4. The van der Waals surface area contributed by atoms with E-state index in [2.05, 4.69) is 22.9 Å². The molecule has 9 heteroatoms. The molecule has 0 unspecified atom stereocenters. The van der Waals surface area contributed by atoms with E-state index < -0.39 is 5.97 Å². The van der Waals surface area contributed by atoms with Crippen LogP contribution in [0.4, 0.5) is 0 Å². The number of hydrogen-bond donors (Lipinski definition) is 1. The average molecular weight is 502 g/mol. The zero-order chi connectivity index (χ0) is 21.4. The van der Waals surface area contributed by atoms with Crippen LogP contribution in [0.1, 0.15) is 44.6 Å². The Kier molecular flexibility index (Phi) is 9.45. The highest BCUT2D eigenvalue weighted by Crippen LogP contribution is 2.39. The van der Waals surface area contributed by atoms with E-state index in [1.807, 2.05) is 12.1 Å². The van der Waals surface area contributed by atoms with Crippen molar-refractivity contribution in [3.8, 4) is 11.5 Å². The van der Waals surface area contributed by atoms with E-state index in [9.17, 15) is 9.59 Å². The highest BCUT2D eigenvalue weighted by molar-refractivity contribution is 9.10. The van der Waals surface area contributed by atoms with Gasteiger partial charge < -0.3 is 14.6 Å². The third-order valence-electron chi connectivity index (χ3n) is 4.19. The van der Waals surface area contributed by atoms with Gasteiger partial charge in [-0.05, 0) is 52.5 Å². The molecule has 1 saturated heterocycles. The largest absolute Gasteiger partial charge is 0.493 e. The molecule has 0 aliphatic carbocycles. The summed E-state index contributed by atoms with van der Waals surface area (Å²) in [5, 5.41) is 8.77. The van der Waals surface area contributed by atoms with Crippen molar-refractivity contribution < 1.29 is 24.2 Å². The average Bonchev–Trinajstić information content (AvgIpc) is 2.93. The molecule has 1 aliphatic heterocycles. The SMILES string of the molecule is CCCCCOc1c(Br)cc(/C=C2\SC(=S)N(CCCC(=O)O)C2=O)cc1OC. The molecule has 1 aromatic carbocycles. The molecule has 1 amide bonds. The second-order valence-corrected chi connectivity index (χ2v) is 8.95. The van der Waals surface area contributed by atoms with Gasteiger partial charge in [0.15, 0.2) is 11.5 Å². The number of hydrogen-bond acceptors (Lipinski definition) is 6. The smallest absolute Gasteiger partial charge is 0.303 e. The van der Waals surface area contributed by atoms with Gasteiger partial charge in [-0.2, -0.15) is 0 Å². The van der Waals surface area contributed by atoms with Crippen molar-refractivity contribution >= 4 is 62.2 Å². The molecule has 2 rings (SSSR count). The van der Waals surface area contributed by atoms with Crippen molar-refractivity contribution in [3.63, 3.8) is 0 Å². The van der Waals surface area contributed by atoms with Crippen LogP contribution in [-0.2, 0) is 9.59 Å². The molecule has 0 saturated carbocycles. The van der Waals surface area contributed by atoms with Crippen LogP contribution >= 0.6 is 39.9 Å². The number of carbonyl (C=O) groups excluding carboxylic acids is 1. The first-order valence-corrected chi connectivity index (χ1v) is 11.4. The number of aliphatic carboxylic acids is 1. The summed E-state index contributed by atoms with van der Waals surface area (Å²) in [7, 11) is 1.58. The number of ether oxygens (including phenoxy) is 2. The summed E-state index contributed by atoms with van der Waals surface area (Å²) in [5.41, 5.74) is 0.778. The number of thiocarbonyl (C=S) groups is 1. The molecule has 1 aliphatic rings. The van der Waals surface area contributed by atoms with Gasteiger partial charge in [-0.3, -0.25) is 14.5 Å². The fourth-order valence-electron chi connectivity index (χ4n) is 2.72. The number of halogens is 1. The first kappa shape index (κ1) is 23.7. The Labute approximate surface area is 188 Å². The third kappa shape index (κ3) is 6.72. The summed E-state index contributed by atoms with van der Waals surface area (Å²) in [4.78, 5) is 25.3. The number of nitrogens with zero attached hydrogens (tertiary/aromatic N) is 1. The van der Waals surface area contributed by atoms with E-state index in [0.29, 0.717) is 40.3 Å². The van der Waals surface area contributed by atoms with E-state index >= 15 is 0 Å². The Hall–Kier alpha value is -1.58. The molecule has 0 spiro atoms. The molecule has 158 valence electrons. The second kappa shape index (κ2) is 11.6. The molecule has 0 radical (unpaired) electrons. The van der Waals surface area contributed by atoms with E-state index in [4.69, 9.17) is 26.8 Å². The maximum absolute atomic E-state index is 12.6. The quantitative estimate of drug-likeness (QED) is 0.257. The minimum atomic E-state index is -0.889. The van der Waals surface area contributed by atoms with Crippen LogP contribution in [0.25, 0.3) is 6.08 Å². The number of methoxy groups -OCH3 is 1. The Morgan fingerprint density at radius 1 is 1.34 bits per heavy atom. The summed E-state index contributed by atoms with van der Waals surface area (Å²) in [5.74, 6) is 0.126. The monoisotopic (exact) mass is 501 g/mol. The lowest BCUT2D eigenvalue weighted by Crippen LogP contribution is -2.29. The van der Waals surface area contributed by atoms with Gasteiger partial charge in [-0.25, -0.2) is 0 Å². The molecule has 1 aromatic rings. The Morgan fingerprint density at radius 2 is 2.10 bits per heavy atom. The number of unbranched alkanes of at least 4 members (excludes halogenated alkanes) is 2. The molecule has 29 heavy (non-hydrogen) atoms. The molecule has 1 N–H and O–H groups in total. The minimum Gasteiger partial charge on any atom is -0.493 e. The molecule has 0 atom stereocenters. The van der Waals surface area contributed by atoms with Gasteiger partial charge >= 0.3 is 5.97 Å². The van der Waals surface area contributed by atoms with Crippen LogP contribution in [0.5, 0.6) is 11.5 Å². The van der Waals surface area contributed by atoms with Gasteiger partial charge in [0.1, 0.15) is 4.32 Å². The minimum absolute atomic E-state index is 0.0000284. The topological polar surface area (TPSA) is 76.1 Å². The van der Waals surface area contributed by atoms with E-state index in [-0.39, 0.29) is 12.3 Å². The Morgan fingerprint density at radius 3 is 2.76 bits per heavy atom. The normalized spacial score (nSPS) is 15.3. The van der Waals surface area contributed by atoms with Crippen LogP contribution in [0.15, 0.2) is 21.5 Å². The van der Waals surface area contributed by atoms with E-state index in [1.165, 1.54) is 16.7 Å². The summed E-state index contributed by atoms with van der Waals surface area (Å²) >= 11 is 10.0. The van der Waals surface area contributed by atoms with Gasteiger partial charge in [-0.15, -0.1) is 0 Å². The van der Waals surface area contributed by atoms with Gasteiger partial charge in [0.2, 0.25) is 0 Å². The number of amides is 1. The highest BCUT2D eigenvalue weighted by atomic mass is 79.9. The van der Waals surface area contributed by atoms with Crippen molar-refractivity contribution in [2.24, 2.45) is 0 Å². The molecule has 6 nitrogen and oxygen atoms in total. The van der Waals surface area contributed by atoms with Crippen LogP contribution in [0, 0.1) is 0 Å². The first-order valence-electron chi connectivity index (χ1n) is 9.34. The number of carbonyl (C=O) groups is 2. The van der Waals surface area contributed by atoms with Crippen molar-refractivity contribution in [1.82, 2.24) is 4.90 Å². The zero-order valence-corrected chi connectivity index (χ0v) is 19.6. The second-order valence-electron chi connectivity index (χ2n) is 6.42. The highest BCUT2D eigenvalue weighted by Gasteiger charge is 2.31. The van der Waals surface area contributed by atoms with Crippen molar-refractivity contribution in [2.45, 2.75) is 39.0 Å². The molecular formula is C20H24BrNO5S2. The lowest BCUT2D eigenvalue weighted by molar-refractivity contribution is -0.137. The third-order valence-corrected chi connectivity index (χ3v) is 6.16. The van der Waals surface area contributed by atoms with Gasteiger partial charge in [-0.1, -0.05) is 43.7 Å². The van der Waals surface area contributed by atoms with E-state index in [1.54, 1.807) is 13.2 Å². The van der Waals surface area contributed by atoms with Gasteiger partial charge in [0.05, 0.1) is 23.1 Å². The Balaban J connectivity index is 2.14. The van der Waals surface area contributed by atoms with Crippen LogP contribution in [0.3, 0.4) is 0 Å². The predicted octanol–water partition coefficient (Wildman–Crippen LogP) is 5.09. The fourth-order valence-corrected chi connectivity index (χ4v) is 4.60. The summed E-state index contributed by atoms with van der Waals surface area (Å²) in [6, 6.07) is 3.69. The number of benzene rings is 1. The molecule has 0 aromatic heterocycles. The van der Waals surface area contributed by atoms with Crippen molar-refractivity contribution in [2.75, 3.05) is 20.3 Å². The van der Waals surface area contributed by atoms with Gasteiger partial charge in [0, 0.05) is 13.0 Å². The predicted molar refractivity (Wildman–Crippen MR) is 122 cm³/mol. The maximum atomic E-state index is 12.6. The number of carboxylic acids is 1. The van der Waals surface area contributed by atoms with Gasteiger partial charge in [0.25, 0.3) is 5.91 Å². The molecule has 0 bridgehead atoms. The number of carboxylic acid groups (broad SMARTS) is 1. The summed E-state index contributed by atoms with van der Waals surface area (Å²) < 4.78 is 12.5. The lowest BCUT2D eigenvalue weighted by Gasteiger charge is -2.14. The standard InChI is InChI=1S/C20H24BrNO5S2/c1-3-4-5-9-27-18-14(21)10-13(11-15(18)26-2)12-16-19(25)22(20(28)29-16)8-6-7-17(23)24/h10-12H,3-9H2,1-2H3,(H,23,24)/b16-12-. The fraction of sp³-hybridized carbons (Fsp3) is 0.450. The maximum Gasteiger partial charge on any atom is 0.303 e. The molecule has 1 heterocycles. The van der Waals surface area contributed by atoms with Crippen LogP contribution < -0.4 is 9.47 Å². The summed E-state index contributed by atoms with van der Waals surface area (Å²) in [6.07, 6.45) is 5.31. The van der Waals surface area contributed by atoms with Crippen LogP contribution in [0.2, 0.25) is 0 Å². The number of rotatable bonds is 11. The number of thioether (sulfide) groups is 1. The van der Waals surface area contributed by atoms with Crippen molar-refractivity contribution in [3.05, 3.63) is 27.1 Å². The lowest BCUT2D eigenvalue weighted by atomic mass is 10.1. The summed E-state index contributed by atoms with van der Waals surface area (Å²) in [6.45, 7) is 3.04. The first-order chi connectivity index (χ1) is 13.9. The Bertz CT molecular complexity index is 812. The van der Waals surface area contributed by atoms with Crippen LogP contribution in [-0.4, -0.2) is 46.5 Å². The van der Waals surface area contributed by atoms with E-state index in [0.717, 1.165) is 29.3 Å². The molecule has 1 fully saturated rings. The van der Waals surface area contributed by atoms with Crippen molar-refractivity contribution in [1.29, 1.82) is 0 Å².